The molecule has 2 heterocycles. The van der Waals surface area contributed by atoms with E-state index in [0.717, 1.165) is 11.8 Å². The van der Waals surface area contributed by atoms with E-state index in [9.17, 15) is 4.79 Å². The highest BCUT2D eigenvalue weighted by molar-refractivity contribution is 5.87. The van der Waals surface area contributed by atoms with E-state index in [0.29, 0.717) is 24.0 Å². The summed E-state index contributed by atoms with van der Waals surface area (Å²) >= 11 is 0. The number of Topliss-reactive ketones (excluding diaryl/α,β-unsaturated/α-hetero) is 1. The normalized spacial score (nSPS) is 47.8. The molecule has 2 nitrogen and oxygen atoms in total. The van der Waals surface area contributed by atoms with Crippen LogP contribution in [0.5, 0.6) is 0 Å². The minimum atomic E-state index is -0.00863. The van der Waals surface area contributed by atoms with Crippen LogP contribution in [0.3, 0.4) is 0 Å². The minimum absolute atomic E-state index is 0.00863. The van der Waals surface area contributed by atoms with E-state index in [1.807, 2.05) is 0 Å². The third-order valence-corrected chi connectivity index (χ3v) is 5.44. The van der Waals surface area contributed by atoms with Gasteiger partial charge in [0.1, 0.15) is 6.10 Å². The van der Waals surface area contributed by atoms with Crippen molar-refractivity contribution in [3.8, 4) is 0 Å². The first-order valence-electron chi connectivity index (χ1n) is 7.44. The number of ether oxygens (including phenoxy) is 1. The fraction of sp³-hybridized carbons (Fsp3) is 0.933. The second-order valence-electron chi connectivity index (χ2n) is 6.22. The van der Waals surface area contributed by atoms with Gasteiger partial charge in [-0.1, -0.05) is 33.1 Å². The molecule has 3 aliphatic rings. The number of carbonyl (C=O) groups excluding carboxylic acids is 1. The lowest BCUT2D eigenvalue weighted by Crippen LogP contribution is -2.32. The van der Waals surface area contributed by atoms with Crippen LogP contribution >= 0.6 is 0 Å². The number of rotatable bonds is 4. The summed E-state index contributed by atoms with van der Waals surface area (Å²) < 4.78 is 5.91. The summed E-state index contributed by atoms with van der Waals surface area (Å²) in [6, 6.07) is 0. The zero-order chi connectivity index (χ0) is 12.0. The van der Waals surface area contributed by atoms with Crippen LogP contribution in [0.2, 0.25) is 0 Å². The lowest BCUT2D eigenvalue weighted by atomic mass is 9.75. The molecule has 6 atom stereocenters. The van der Waals surface area contributed by atoms with Crippen molar-refractivity contribution in [1.29, 1.82) is 0 Å². The highest BCUT2D eigenvalue weighted by Crippen LogP contribution is 2.57. The lowest BCUT2D eigenvalue weighted by molar-refractivity contribution is -0.123. The smallest absolute Gasteiger partial charge is 0.164 e. The van der Waals surface area contributed by atoms with Crippen molar-refractivity contribution in [1.82, 2.24) is 0 Å². The van der Waals surface area contributed by atoms with Crippen LogP contribution in [0, 0.1) is 23.7 Å². The van der Waals surface area contributed by atoms with Crippen LogP contribution in [0.4, 0.5) is 0 Å². The summed E-state index contributed by atoms with van der Waals surface area (Å²) in [5.41, 5.74) is 0. The molecule has 96 valence electrons. The standard InChI is InChI=1S/C15H24O2/c1-3-5-6-10-9(4-2)7-11-14(10)13-8-12(16)15(11)17-13/h9-11,13-15H,3-8H2,1-2H3. The Morgan fingerprint density at radius 3 is 2.88 bits per heavy atom. The number of unbranched alkanes of at least 4 members (excludes halogenated alkanes) is 1. The average molecular weight is 236 g/mol. The molecule has 0 aromatic heterocycles. The molecule has 0 spiro atoms. The van der Waals surface area contributed by atoms with Crippen LogP contribution in [0.1, 0.15) is 52.4 Å². The Kier molecular flexibility index (Phi) is 3.02. The first-order chi connectivity index (χ1) is 8.26. The van der Waals surface area contributed by atoms with Gasteiger partial charge in [-0.15, -0.1) is 0 Å². The molecule has 0 aromatic carbocycles. The Bertz CT molecular complexity index is 312. The monoisotopic (exact) mass is 236 g/mol. The summed E-state index contributed by atoms with van der Waals surface area (Å²) in [5.74, 6) is 3.38. The molecule has 2 aliphatic heterocycles. The number of ketones is 1. The Labute approximate surface area is 104 Å². The van der Waals surface area contributed by atoms with Crippen LogP contribution in [0.15, 0.2) is 0 Å². The maximum absolute atomic E-state index is 11.8. The van der Waals surface area contributed by atoms with Crippen LogP contribution in [0.25, 0.3) is 0 Å². The van der Waals surface area contributed by atoms with Crippen molar-refractivity contribution in [3.63, 3.8) is 0 Å². The first-order valence-corrected chi connectivity index (χ1v) is 7.44. The van der Waals surface area contributed by atoms with Gasteiger partial charge in [0, 0.05) is 6.42 Å². The predicted octanol–water partition coefficient (Wildman–Crippen LogP) is 3.20. The van der Waals surface area contributed by atoms with Gasteiger partial charge < -0.3 is 4.74 Å². The highest BCUT2D eigenvalue weighted by atomic mass is 16.5. The van der Waals surface area contributed by atoms with Gasteiger partial charge in [-0.2, -0.15) is 0 Å². The van der Waals surface area contributed by atoms with Gasteiger partial charge in [-0.3, -0.25) is 4.79 Å². The highest BCUT2D eigenvalue weighted by Gasteiger charge is 2.60. The molecule has 3 rings (SSSR count). The van der Waals surface area contributed by atoms with Gasteiger partial charge in [-0.05, 0) is 36.5 Å². The van der Waals surface area contributed by atoms with E-state index in [4.69, 9.17) is 4.74 Å². The molecule has 3 fully saturated rings. The van der Waals surface area contributed by atoms with Crippen molar-refractivity contribution in [2.75, 3.05) is 0 Å². The van der Waals surface area contributed by atoms with Gasteiger partial charge in [0.25, 0.3) is 0 Å². The lowest BCUT2D eigenvalue weighted by Gasteiger charge is -2.27. The van der Waals surface area contributed by atoms with Crippen molar-refractivity contribution in [3.05, 3.63) is 0 Å². The maximum Gasteiger partial charge on any atom is 0.164 e. The Hall–Kier alpha value is -0.370. The van der Waals surface area contributed by atoms with Gasteiger partial charge in [0.2, 0.25) is 0 Å². The number of fused-ring (bicyclic) bond motifs is 5. The fourth-order valence-corrected chi connectivity index (χ4v) is 4.72. The summed E-state index contributed by atoms with van der Waals surface area (Å²) in [6.07, 6.45) is 7.52. The molecule has 1 saturated carbocycles. The second-order valence-corrected chi connectivity index (χ2v) is 6.22. The zero-order valence-corrected chi connectivity index (χ0v) is 11.0. The van der Waals surface area contributed by atoms with Gasteiger partial charge in [0.15, 0.2) is 5.78 Å². The fourth-order valence-electron chi connectivity index (χ4n) is 4.72. The van der Waals surface area contributed by atoms with Crippen LogP contribution in [-0.2, 0) is 9.53 Å². The summed E-state index contributed by atoms with van der Waals surface area (Å²) in [6.45, 7) is 4.59. The third-order valence-electron chi connectivity index (χ3n) is 5.44. The largest absolute Gasteiger partial charge is 0.366 e. The van der Waals surface area contributed by atoms with Crippen molar-refractivity contribution in [2.45, 2.75) is 64.6 Å². The van der Waals surface area contributed by atoms with Gasteiger partial charge >= 0.3 is 0 Å². The SMILES string of the molecule is CCCCC1C(CC)CC2C3OC(CC3=O)C12. The molecule has 0 N–H and O–H groups in total. The average Bonchev–Trinajstić information content (AvgIpc) is 2.94. The predicted molar refractivity (Wildman–Crippen MR) is 66.7 cm³/mol. The van der Waals surface area contributed by atoms with Gasteiger partial charge in [0.05, 0.1) is 6.10 Å². The Morgan fingerprint density at radius 2 is 2.18 bits per heavy atom. The molecule has 0 radical (unpaired) electrons. The second kappa shape index (κ2) is 4.38. The van der Waals surface area contributed by atoms with Crippen molar-refractivity contribution in [2.24, 2.45) is 23.7 Å². The molecule has 0 amide bonds. The Balaban J connectivity index is 1.77. The molecule has 0 aromatic rings. The van der Waals surface area contributed by atoms with E-state index in [1.165, 1.54) is 32.1 Å². The van der Waals surface area contributed by atoms with Crippen molar-refractivity contribution >= 4 is 5.78 Å². The molecule has 17 heavy (non-hydrogen) atoms. The summed E-state index contributed by atoms with van der Waals surface area (Å²) in [5, 5.41) is 0. The van der Waals surface area contributed by atoms with E-state index in [-0.39, 0.29) is 12.2 Å². The first kappa shape index (κ1) is 11.7. The maximum atomic E-state index is 11.8. The molecule has 2 bridgehead atoms. The molecular formula is C15H24O2. The number of hydrogen-bond acceptors (Lipinski definition) is 2. The van der Waals surface area contributed by atoms with E-state index >= 15 is 0 Å². The van der Waals surface area contributed by atoms with Crippen molar-refractivity contribution < 1.29 is 9.53 Å². The van der Waals surface area contributed by atoms with Gasteiger partial charge in [-0.25, -0.2) is 0 Å². The molecule has 2 heteroatoms. The number of carbonyl (C=O) groups is 1. The topological polar surface area (TPSA) is 26.3 Å². The number of hydrogen-bond donors (Lipinski definition) is 0. The minimum Gasteiger partial charge on any atom is -0.366 e. The zero-order valence-electron chi connectivity index (χ0n) is 11.0. The molecule has 1 aliphatic carbocycles. The molecule has 6 unspecified atom stereocenters. The van der Waals surface area contributed by atoms with Crippen LogP contribution in [-0.4, -0.2) is 18.0 Å². The van der Waals surface area contributed by atoms with E-state index < -0.39 is 0 Å². The summed E-state index contributed by atoms with van der Waals surface area (Å²) in [7, 11) is 0. The molecule has 2 saturated heterocycles. The molecular weight excluding hydrogens is 212 g/mol. The quantitative estimate of drug-likeness (QED) is 0.749. The Morgan fingerprint density at radius 1 is 1.35 bits per heavy atom. The van der Waals surface area contributed by atoms with E-state index in [1.54, 1.807) is 0 Å². The van der Waals surface area contributed by atoms with Crippen LogP contribution < -0.4 is 0 Å². The third kappa shape index (κ3) is 1.68. The summed E-state index contributed by atoms with van der Waals surface area (Å²) in [4.78, 5) is 11.8. The van der Waals surface area contributed by atoms with E-state index in [2.05, 4.69) is 13.8 Å².